The van der Waals surface area contributed by atoms with E-state index in [2.05, 4.69) is 74.7 Å². The second-order valence-corrected chi connectivity index (χ2v) is 6.09. The number of nitrogens with one attached hydrogen (secondary N) is 2. The van der Waals surface area contributed by atoms with Gasteiger partial charge in [0.2, 0.25) is 0 Å². The van der Waals surface area contributed by atoms with Gasteiger partial charge in [-0.05, 0) is 61.3 Å². The van der Waals surface area contributed by atoms with Gasteiger partial charge in [-0.3, -0.25) is 0 Å². The minimum Gasteiger partial charge on any atom is -0.332 e. The molecule has 0 aliphatic rings. The average molecular weight is 298 g/mol. The summed E-state index contributed by atoms with van der Waals surface area (Å²) in [6.45, 7) is 8.54. The molecule has 0 spiro atoms. The summed E-state index contributed by atoms with van der Waals surface area (Å²) < 4.78 is 0. The molecule has 2 aromatic carbocycles. The molecule has 110 valence electrons. The van der Waals surface area contributed by atoms with Gasteiger partial charge in [-0.2, -0.15) is 0 Å². The zero-order chi connectivity index (χ0) is 15.4. The summed E-state index contributed by atoms with van der Waals surface area (Å²) >= 11 is 5.40. The maximum absolute atomic E-state index is 5.40. The number of rotatable bonds is 3. The van der Waals surface area contributed by atoms with Crippen molar-refractivity contribution in [2.45, 2.75) is 33.6 Å². The van der Waals surface area contributed by atoms with Crippen LogP contribution in [0, 0.1) is 13.8 Å². The predicted molar refractivity (Wildman–Crippen MR) is 96.3 cm³/mol. The van der Waals surface area contributed by atoms with Crippen molar-refractivity contribution >= 4 is 28.7 Å². The normalized spacial score (nSPS) is 10.5. The van der Waals surface area contributed by atoms with Crippen molar-refractivity contribution in [1.82, 2.24) is 0 Å². The zero-order valence-electron chi connectivity index (χ0n) is 13.0. The van der Waals surface area contributed by atoms with Crippen LogP contribution in [-0.2, 0) is 0 Å². The third kappa shape index (κ3) is 4.30. The number of anilines is 2. The van der Waals surface area contributed by atoms with E-state index in [4.69, 9.17) is 12.2 Å². The fourth-order valence-corrected chi connectivity index (χ4v) is 2.44. The largest absolute Gasteiger partial charge is 0.332 e. The van der Waals surface area contributed by atoms with Crippen molar-refractivity contribution in [3.8, 4) is 0 Å². The molecule has 21 heavy (non-hydrogen) atoms. The van der Waals surface area contributed by atoms with E-state index in [9.17, 15) is 0 Å². The fraction of sp³-hybridized carbons (Fsp3) is 0.278. The molecular formula is C18H22N2S. The Morgan fingerprint density at radius 1 is 1.00 bits per heavy atom. The van der Waals surface area contributed by atoms with Gasteiger partial charge < -0.3 is 10.6 Å². The Balaban J connectivity index is 2.06. The quantitative estimate of drug-likeness (QED) is 0.758. The van der Waals surface area contributed by atoms with Crippen LogP contribution >= 0.6 is 12.2 Å². The number of hydrogen-bond acceptors (Lipinski definition) is 1. The van der Waals surface area contributed by atoms with Gasteiger partial charge in [-0.1, -0.05) is 43.7 Å². The molecule has 0 bridgehead atoms. The molecule has 0 saturated carbocycles. The van der Waals surface area contributed by atoms with Crippen LogP contribution in [-0.4, -0.2) is 5.11 Å². The highest BCUT2D eigenvalue weighted by atomic mass is 32.1. The molecule has 0 aromatic heterocycles. The first-order valence-electron chi connectivity index (χ1n) is 7.21. The van der Waals surface area contributed by atoms with Gasteiger partial charge in [0.05, 0.1) is 0 Å². The lowest BCUT2D eigenvalue weighted by molar-refractivity contribution is 0.867. The lowest BCUT2D eigenvalue weighted by atomic mass is 10.0. The first kappa shape index (κ1) is 15.5. The molecule has 0 radical (unpaired) electrons. The van der Waals surface area contributed by atoms with Crippen molar-refractivity contribution < 1.29 is 0 Å². The summed E-state index contributed by atoms with van der Waals surface area (Å²) in [5, 5.41) is 7.12. The molecule has 2 N–H and O–H groups in total. The second kappa shape index (κ2) is 6.72. The summed E-state index contributed by atoms with van der Waals surface area (Å²) in [5.74, 6) is 0.507. The van der Waals surface area contributed by atoms with Crippen LogP contribution in [0.3, 0.4) is 0 Å². The minimum atomic E-state index is 0.507. The van der Waals surface area contributed by atoms with Crippen molar-refractivity contribution in [3.05, 3.63) is 59.2 Å². The van der Waals surface area contributed by atoms with E-state index >= 15 is 0 Å². The Kier molecular flexibility index (Phi) is 4.97. The lowest BCUT2D eigenvalue weighted by Crippen LogP contribution is -2.19. The standard InChI is InChI=1S/C18H22N2S/c1-12(2)15-6-5-7-16(11-15)19-18(21)20-17-9-8-13(3)10-14(17)4/h5-12H,1-4H3,(H2,19,20,21). The minimum absolute atomic E-state index is 0.507. The van der Waals surface area contributed by atoms with Gasteiger partial charge in [0.25, 0.3) is 0 Å². The molecule has 0 fully saturated rings. The monoisotopic (exact) mass is 298 g/mol. The number of hydrogen-bond donors (Lipinski definition) is 2. The van der Waals surface area contributed by atoms with Crippen LogP contribution < -0.4 is 10.6 Å². The summed E-state index contributed by atoms with van der Waals surface area (Å²) in [7, 11) is 0. The molecule has 2 rings (SSSR count). The van der Waals surface area contributed by atoms with E-state index in [0.29, 0.717) is 11.0 Å². The van der Waals surface area contributed by atoms with E-state index in [1.54, 1.807) is 0 Å². The van der Waals surface area contributed by atoms with Crippen LogP contribution in [0.5, 0.6) is 0 Å². The van der Waals surface area contributed by atoms with E-state index in [1.165, 1.54) is 16.7 Å². The van der Waals surface area contributed by atoms with Gasteiger partial charge >= 0.3 is 0 Å². The molecule has 0 heterocycles. The Bertz CT molecular complexity index is 647. The maximum atomic E-state index is 5.40. The Morgan fingerprint density at radius 3 is 2.43 bits per heavy atom. The molecule has 2 aromatic rings. The van der Waals surface area contributed by atoms with Crippen LogP contribution in [0.25, 0.3) is 0 Å². The van der Waals surface area contributed by atoms with Crippen molar-refractivity contribution in [2.24, 2.45) is 0 Å². The van der Waals surface area contributed by atoms with E-state index in [0.717, 1.165) is 11.4 Å². The van der Waals surface area contributed by atoms with Crippen LogP contribution in [0.2, 0.25) is 0 Å². The SMILES string of the molecule is Cc1ccc(NC(=S)Nc2cccc(C(C)C)c2)c(C)c1. The number of benzene rings is 2. The molecule has 0 saturated heterocycles. The highest BCUT2D eigenvalue weighted by Crippen LogP contribution is 2.20. The molecule has 2 nitrogen and oxygen atoms in total. The Hall–Kier alpha value is -1.87. The predicted octanol–water partition coefficient (Wildman–Crippen LogP) is 5.24. The smallest absolute Gasteiger partial charge is 0.175 e. The third-order valence-corrected chi connectivity index (χ3v) is 3.65. The van der Waals surface area contributed by atoms with E-state index in [-0.39, 0.29) is 0 Å². The topological polar surface area (TPSA) is 24.1 Å². The second-order valence-electron chi connectivity index (χ2n) is 5.68. The molecule has 0 aliphatic carbocycles. The van der Waals surface area contributed by atoms with Gasteiger partial charge in [0, 0.05) is 11.4 Å². The first-order chi connectivity index (χ1) is 9.95. The summed E-state index contributed by atoms with van der Waals surface area (Å²) in [5.41, 5.74) is 5.80. The van der Waals surface area contributed by atoms with Crippen LogP contribution in [0.15, 0.2) is 42.5 Å². The van der Waals surface area contributed by atoms with Crippen LogP contribution in [0.4, 0.5) is 11.4 Å². The van der Waals surface area contributed by atoms with Gasteiger partial charge in [0.1, 0.15) is 0 Å². The maximum Gasteiger partial charge on any atom is 0.175 e. The van der Waals surface area contributed by atoms with E-state index < -0.39 is 0 Å². The highest BCUT2D eigenvalue weighted by molar-refractivity contribution is 7.80. The molecule has 0 unspecified atom stereocenters. The van der Waals surface area contributed by atoms with Gasteiger partial charge in [-0.15, -0.1) is 0 Å². The van der Waals surface area contributed by atoms with Gasteiger partial charge in [0.15, 0.2) is 5.11 Å². The van der Waals surface area contributed by atoms with Crippen molar-refractivity contribution in [3.63, 3.8) is 0 Å². The molecule has 0 aliphatic heterocycles. The molecule has 3 heteroatoms. The van der Waals surface area contributed by atoms with Gasteiger partial charge in [-0.25, -0.2) is 0 Å². The molecule has 0 amide bonds. The summed E-state index contributed by atoms with van der Waals surface area (Å²) in [6, 6.07) is 14.6. The van der Waals surface area contributed by atoms with Crippen molar-refractivity contribution in [1.29, 1.82) is 0 Å². The summed E-state index contributed by atoms with van der Waals surface area (Å²) in [6.07, 6.45) is 0. The first-order valence-corrected chi connectivity index (χ1v) is 7.62. The summed E-state index contributed by atoms with van der Waals surface area (Å²) in [4.78, 5) is 0. The lowest BCUT2D eigenvalue weighted by Gasteiger charge is -2.14. The fourth-order valence-electron chi connectivity index (χ4n) is 2.21. The third-order valence-electron chi connectivity index (χ3n) is 3.44. The Labute approximate surface area is 132 Å². The zero-order valence-corrected chi connectivity index (χ0v) is 13.8. The number of thiocarbonyl (C=S) groups is 1. The van der Waals surface area contributed by atoms with Crippen LogP contribution in [0.1, 0.15) is 36.5 Å². The highest BCUT2D eigenvalue weighted by Gasteiger charge is 2.04. The van der Waals surface area contributed by atoms with Crippen molar-refractivity contribution in [2.75, 3.05) is 10.6 Å². The number of aryl methyl sites for hydroxylation is 2. The average Bonchev–Trinajstić information content (AvgIpc) is 2.42. The Morgan fingerprint density at radius 2 is 1.76 bits per heavy atom. The molecular weight excluding hydrogens is 276 g/mol. The molecule has 0 atom stereocenters. The van der Waals surface area contributed by atoms with E-state index in [1.807, 2.05) is 6.07 Å².